The number of hydrogen-bond acceptors (Lipinski definition) is 7. The molecule has 7 heteroatoms. The Labute approximate surface area is 196 Å². The molecule has 5 rings (SSSR count). The molecule has 1 fully saturated rings. The van der Waals surface area contributed by atoms with Gasteiger partial charge >= 0.3 is 0 Å². The molecule has 0 aliphatic carbocycles. The summed E-state index contributed by atoms with van der Waals surface area (Å²) in [7, 11) is 0. The van der Waals surface area contributed by atoms with E-state index in [9.17, 15) is 0 Å². The van der Waals surface area contributed by atoms with Crippen molar-refractivity contribution < 1.29 is 4.74 Å². The molecule has 0 unspecified atom stereocenters. The number of fused-ring (bicyclic) bond motifs is 1. The summed E-state index contributed by atoms with van der Waals surface area (Å²) in [6, 6.07) is 14.5. The molecule has 7 nitrogen and oxygen atoms in total. The average Bonchev–Trinajstić information content (AvgIpc) is 2.85. The highest BCUT2D eigenvalue weighted by Crippen LogP contribution is 2.23. The van der Waals surface area contributed by atoms with Gasteiger partial charge < -0.3 is 14.5 Å². The first-order valence-corrected chi connectivity index (χ1v) is 11.9. The number of benzene rings is 1. The fourth-order valence-corrected chi connectivity index (χ4v) is 4.53. The molecular formula is C26H32N6O. The van der Waals surface area contributed by atoms with Crippen molar-refractivity contribution in [1.29, 1.82) is 0 Å². The standard InChI is InChI=1S/C26H32N6O/c1-20(2)33-23-8-6-21(7-9-23)18-30-12-10-24-22(19-30)17-28-26(29-24)32-15-13-31(14-16-32)25-5-3-4-11-27-25/h3-9,11,17,20H,10,12-16,18-19H2,1-2H3. The normalized spacial score (nSPS) is 16.7. The zero-order chi connectivity index (χ0) is 22.6. The van der Waals surface area contributed by atoms with Crippen molar-refractivity contribution in [2.45, 2.75) is 39.5 Å². The maximum atomic E-state index is 5.76. The minimum absolute atomic E-state index is 0.198. The van der Waals surface area contributed by atoms with Gasteiger partial charge in [0.1, 0.15) is 11.6 Å². The first-order valence-electron chi connectivity index (χ1n) is 11.9. The lowest BCUT2D eigenvalue weighted by Crippen LogP contribution is -2.47. The Bertz CT molecular complexity index is 1050. The van der Waals surface area contributed by atoms with Crippen LogP contribution >= 0.6 is 0 Å². The van der Waals surface area contributed by atoms with Crippen LogP contribution in [0.5, 0.6) is 5.75 Å². The van der Waals surface area contributed by atoms with E-state index in [1.807, 2.05) is 24.5 Å². The van der Waals surface area contributed by atoms with Crippen molar-refractivity contribution in [1.82, 2.24) is 19.9 Å². The molecule has 1 aromatic carbocycles. The summed E-state index contributed by atoms with van der Waals surface area (Å²) in [5.41, 5.74) is 3.75. The molecule has 0 spiro atoms. The van der Waals surface area contributed by atoms with Crippen molar-refractivity contribution in [2.24, 2.45) is 0 Å². The number of hydrogen-bond donors (Lipinski definition) is 0. The SMILES string of the molecule is CC(C)Oc1ccc(CN2CCc3nc(N4CCN(c5ccccn5)CC4)ncc3C2)cc1. The molecule has 33 heavy (non-hydrogen) atoms. The van der Waals surface area contributed by atoms with E-state index in [0.29, 0.717) is 0 Å². The Balaban J connectivity index is 1.17. The summed E-state index contributed by atoms with van der Waals surface area (Å²) < 4.78 is 5.76. The van der Waals surface area contributed by atoms with E-state index in [2.05, 4.69) is 63.9 Å². The molecule has 3 aromatic rings. The second-order valence-corrected chi connectivity index (χ2v) is 9.08. The largest absolute Gasteiger partial charge is 0.491 e. The first kappa shape index (κ1) is 21.6. The molecule has 172 valence electrons. The molecule has 4 heterocycles. The van der Waals surface area contributed by atoms with Crippen molar-refractivity contribution in [3.63, 3.8) is 0 Å². The molecule has 0 radical (unpaired) electrons. The van der Waals surface area contributed by atoms with Crippen molar-refractivity contribution >= 4 is 11.8 Å². The van der Waals surface area contributed by atoms with E-state index in [4.69, 9.17) is 14.7 Å². The van der Waals surface area contributed by atoms with Gasteiger partial charge in [-0.25, -0.2) is 15.0 Å². The monoisotopic (exact) mass is 444 g/mol. The molecular weight excluding hydrogens is 412 g/mol. The molecule has 0 atom stereocenters. The minimum atomic E-state index is 0.198. The van der Waals surface area contributed by atoms with Gasteiger partial charge in [-0.3, -0.25) is 4.90 Å². The Kier molecular flexibility index (Phi) is 6.39. The summed E-state index contributed by atoms with van der Waals surface area (Å²) in [5, 5.41) is 0. The third-order valence-corrected chi connectivity index (χ3v) is 6.24. The van der Waals surface area contributed by atoms with Gasteiger partial charge in [-0.1, -0.05) is 18.2 Å². The number of aromatic nitrogens is 3. The van der Waals surface area contributed by atoms with Crippen LogP contribution in [0.3, 0.4) is 0 Å². The van der Waals surface area contributed by atoms with Gasteiger partial charge in [-0.05, 0) is 43.7 Å². The summed E-state index contributed by atoms with van der Waals surface area (Å²) in [5.74, 6) is 2.84. The van der Waals surface area contributed by atoms with Crippen molar-refractivity contribution in [3.05, 3.63) is 71.7 Å². The molecule has 2 aliphatic heterocycles. The molecule has 0 amide bonds. The predicted octanol–water partition coefficient (Wildman–Crippen LogP) is 3.54. The van der Waals surface area contributed by atoms with Gasteiger partial charge in [-0.2, -0.15) is 0 Å². The highest BCUT2D eigenvalue weighted by atomic mass is 16.5. The molecule has 1 saturated heterocycles. The van der Waals surface area contributed by atoms with Crippen LogP contribution in [0.25, 0.3) is 0 Å². The van der Waals surface area contributed by atoms with Crippen LogP contribution in [0.4, 0.5) is 11.8 Å². The predicted molar refractivity (Wildman–Crippen MR) is 131 cm³/mol. The van der Waals surface area contributed by atoms with E-state index < -0.39 is 0 Å². The number of pyridine rings is 1. The summed E-state index contributed by atoms with van der Waals surface area (Å²) >= 11 is 0. The zero-order valence-corrected chi connectivity index (χ0v) is 19.5. The van der Waals surface area contributed by atoms with Crippen LogP contribution in [0, 0.1) is 0 Å². The Morgan fingerprint density at radius 2 is 1.70 bits per heavy atom. The van der Waals surface area contributed by atoms with Crippen LogP contribution in [0.2, 0.25) is 0 Å². The van der Waals surface area contributed by atoms with Gasteiger partial charge in [-0.15, -0.1) is 0 Å². The van der Waals surface area contributed by atoms with Crippen molar-refractivity contribution in [3.8, 4) is 5.75 Å². The van der Waals surface area contributed by atoms with Crippen LogP contribution in [-0.4, -0.2) is 58.7 Å². The Morgan fingerprint density at radius 1 is 0.909 bits per heavy atom. The van der Waals surface area contributed by atoms with Crippen LogP contribution < -0.4 is 14.5 Å². The molecule has 0 saturated carbocycles. The van der Waals surface area contributed by atoms with Crippen molar-refractivity contribution in [2.75, 3.05) is 42.5 Å². The molecule has 0 bridgehead atoms. The fraction of sp³-hybridized carbons (Fsp3) is 0.423. The quantitative estimate of drug-likeness (QED) is 0.576. The van der Waals surface area contributed by atoms with Gasteiger partial charge in [0.2, 0.25) is 5.95 Å². The number of anilines is 2. The van der Waals surface area contributed by atoms with Crippen LogP contribution in [-0.2, 0) is 19.5 Å². The lowest BCUT2D eigenvalue weighted by atomic mass is 10.1. The highest BCUT2D eigenvalue weighted by molar-refractivity contribution is 5.42. The average molecular weight is 445 g/mol. The van der Waals surface area contributed by atoms with E-state index >= 15 is 0 Å². The lowest BCUT2D eigenvalue weighted by molar-refractivity contribution is 0.238. The van der Waals surface area contributed by atoms with Gasteiger partial charge in [0.25, 0.3) is 0 Å². The number of rotatable bonds is 6. The second kappa shape index (κ2) is 9.75. The van der Waals surface area contributed by atoms with E-state index in [0.717, 1.165) is 69.7 Å². The lowest BCUT2D eigenvalue weighted by Gasteiger charge is -2.36. The van der Waals surface area contributed by atoms with E-state index in [-0.39, 0.29) is 6.10 Å². The summed E-state index contributed by atoms with van der Waals surface area (Å²) in [4.78, 5) is 21.3. The number of ether oxygens (including phenoxy) is 1. The Morgan fingerprint density at radius 3 is 2.42 bits per heavy atom. The molecule has 2 aliphatic rings. The summed E-state index contributed by atoms with van der Waals surface area (Å²) in [6.45, 7) is 10.6. The fourth-order valence-electron chi connectivity index (χ4n) is 4.53. The number of nitrogens with zero attached hydrogens (tertiary/aromatic N) is 6. The Hall–Kier alpha value is -3.19. The smallest absolute Gasteiger partial charge is 0.225 e. The third-order valence-electron chi connectivity index (χ3n) is 6.24. The van der Waals surface area contributed by atoms with E-state index in [1.54, 1.807) is 0 Å². The maximum Gasteiger partial charge on any atom is 0.225 e. The first-order chi connectivity index (χ1) is 16.1. The maximum absolute atomic E-state index is 5.76. The zero-order valence-electron chi connectivity index (χ0n) is 19.5. The highest BCUT2D eigenvalue weighted by Gasteiger charge is 2.23. The van der Waals surface area contributed by atoms with Crippen LogP contribution in [0.1, 0.15) is 30.7 Å². The van der Waals surface area contributed by atoms with Crippen LogP contribution in [0.15, 0.2) is 54.9 Å². The summed E-state index contributed by atoms with van der Waals surface area (Å²) in [6.07, 6.45) is 5.06. The van der Waals surface area contributed by atoms with Gasteiger partial charge in [0.05, 0.1) is 11.8 Å². The molecule has 2 aromatic heterocycles. The second-order valence-electron chi connectivity index (χ2n) is 9.08. The molecule has 0 N–H and O–H groups in total. The van der Waals surface area contributed by atoms with Gasteiger partial charge in [0, 0.05) is 70.2 Å². The third kappa shape index (κ3) is 5.25. The topological polar surface area (TPSA) is 57.6 Å². The minimum Gasteiger partial charge on any atom is -0.491 e. The van der Waals surface area contributed by atoms with Gasteiger partial charge in [0.15, 0.2) is 0 Å². The number of piperazine rings is 1. The van der Waals surface area contributed by atoms with E-state index in [1.165, 1.54) is 16.8 Å².